The van der Waals surface area contributed by atoms with E-state index in [1.54, 1.807) is 12.1 Å². The number of fused-ring (bicyclic) bond motifs is 2. The smallest absolute Gasteiger partial charge is 0.269 e. The Kier molecular flexibility index (Phi) is 4.26. The molecule has 0 saturated heterocycles. The Labute approximate surface area is 156 Å². The van der Waals surface area contributed by atoms with Gasteiger partial charge < -0.3 is 0 Å². The van der Waals surface area contributed by atoms with Crippen molar-refractivity contribution in [2.75, 3.05) is 5.43 Å². The first kappa shape index (κ1) is 16.7. The van der Waals surface area contributed by atoms with Crippen LogP contribution in [-0.2, 0) is 0 Å². The van der Waals surface area contributed by atoms with Crippen molar-refractivity contribution >= 4 is 39.1 Å². The lowest BCUT2D eigenvalue weighted by atomic mass is 9.93. The number of hydrogen-bond acceptors (Lipinski definition) is 4. The van der Waals surface area contributed by atoms with Crippen molar-refractivity contribution in [2.45, 2.75) is 6.92 Å². The van der Waals surface area contributed by atoms with Crippen LogP contribution in [0.15, 0.2) is 77.9 Å². The zero-order valence-corrected chi connectivity index (χ0v) is 14.7. The quantitative estimate of drug-likeness (QED) is 0.222. The topological polar surface area (TPSA) is 67.5 Å². The summed E-state index contributed by atoms with van der Waals surface area (Å²) in [6.07, 6.45) is 1.81. The molecule has 4 aromatic carbocycles. The van der Waals surface area contributed by atoms with Gasteiger partial charge in [-0.2, -0.15) is 5.10 Å². The Bertz CT molecular complexity index is 1120. The molecule has 1 N–H and O–H groups in total. The largest absolute Gasteiger partial charge is 0.278 e. The van der Waals surface area contributed by atoms with Gasteiger partial charge in [0.2, 0.25) is 0 Å². The van der Waals surface area contributed by atoms with Crippen LogP contribution in [0.4, 0.5) is 11.4 Å². The van der Waals surface area contributed by atoms with Crippen molar-refractivity contribution in [3.63, 3.8) is 0 Å². The molecule has 0 saturated carbocycles. The van der Waals surface area contributed by atoms with Crippen LogP contribution < -0.4 is 5.43 Å². The first-order chi connectivity index (χ1) is 13.1. The number of hydrogen-bond donors (Lipinski definition) is 1. The zero-order chi connectivity index (χ0) is 18.8. The fourth-order valence-corrected chi connectivity index (χ4v) is 3.35. The summed E-state index contributed by atoms with van der Waals surface area (Å²) in [7, 11) is 0. The maximum absolute atomic E-state index is 10.7. The van der Waals surface area contributed by atoms with E-state index in [1.165, 1.54) is 28.5 Å². The lowest BCUT2D eigenvalue weighted by molar-refractivity contribution is -0.384. The summed E-state index contributed by atoms with van der Waals surface area (Å²) in [5.41, 5.74) is 5.99. The minimum absolute atomic E-state index is 0.0556. The molecule has 0 aliphatic heterocycles. The van der Waals surface area contributed by atoms with Crippen LogP contribution in [0.25, 0.3) is 21.5 Å². The molecule has 27 heavy (non-hydrogen) atoms. The van der Waals surface area contributed by atoms with Gasteiger partial charge in [0.15, 0.2) is 0 Å². The van der Waals surface area contributed by atoms with Crippen LogP contribution in [0.2, 0.25) is 0 Å². The number of nitrogens with one attached hydrogen (secondary N) is 1. The Balaban J connectivity index is 1.75. The predicted octanol–water partition coefficient (Wildman–Crippen LogP) is 5.66. The fraction of sp³-hybridized carbons (Fsp3) is 0.0455. The molecule has 0 bridgehead atoms. The number of anilines is 1. The molecule has 132 valence electrons. The van der Waals surface area contributed by atoms with Gasteiger partial charge in [0.05, 0.1) is 16.8 Å². The molecular formula is C22H17N3O2. The summed E-state index contributed by atoms with van der Waals surface area (Å²) in [4.78, 5) is 10.3. The van der Waals surface area contributed by atoms with Gasteiger partial charge >= 0.3 is 0 Å². The molecule has 4 rings (SSSR count). The molecule has 4 aromatic rings. The highest BCUT2D eigenvalue weighted by atomic mass is 16.6. The highest BCUT2D eigenvalue weighted by Gasteiger charge is 2.09. The fourth-order valence-electron chi connectivity index (χ4n) is 3.35. The van der Waals surface area contributed by atoms with Gasteiger partial charge in [-0.1, -0.05) is 48.5 Å². The number of rotatable bonds is 4. The third kappa shape index (κ3) is 3.11. The van der Waals surface area contributed by atoms with Gasteiger partial charge in [-0.3, -0.25) is 15.5 Å². The minimum atomic E-state index is -0.419. The van der Waals surface area contributed by atoms with E-state index >= 15 is 0 Å². The third-order valence-electron chi connectivity index (χ3n) is 4.71. The number of aryl methyl sites for hydroxylation is 1. The third-order valence-corrected chi connectivity index (χ3v) is 4.71. The summed E-state index contributed by atoms with van der Waals surface area (Å²) in [5, 5.41) is 19.8. The zero-order valence-electron chi connectivity index (χ0n) is 14.7. The average Bonchev–Trinajstić information content (AvgIpc) is 2.71. The lowest BCUT2D eigenvalue weighted by Crippen LogP contribution is -1.95. The summed E-state index contributed by atoms with van der Waals surface area (Å²) >= 11 is 0. The van der Waals surface area contributed by atoms with Gasteiger partial charge in [-0.25, -0.2) is 0 Å². The van der Waals surface area contributed by atoms with Crippen molar-refractivity contribution in [3.8, 4) is 0 Å². The van der Waals surface area contributed by atoms with Crippen LogP contribution in [0, 0.1) is 17.0 Å². The van der Waals surface area contributed by atoms with E-state index in [2.05, 4.69) is 41.7 Å². The summed E-state index contributed by atoms with van der Waals surface area (Å²) in [6.45, 7) is 2.14. The highest BCUT2D eigenvalue weighted by Crippen LogP contribution is 2.31. The van der Waals surface area contributed by atoms with Crippen LogP contribution in [0.3, 0.4) is 0 Å². The van der Waals surface area contributed by atoms with Crippen LogP contribution >= 0.6 is 0 Å². The van der Waals surface area contributed by atoms with Crippen LogP contribution in [0.5, 0.6) is 0 Å². The van der Waals surface area contributed by atoms with Gasteiger partial charge in [0, 0.05) is 17.7 Å². The molecule has 0 aliphatic carbocycles. The average molecular weight is 355 g/mol. The van der Waals surface area contributed by atoms with Crippen molar-refractivity contribution in [1.29, 1.82) is 0 Å². The Morgan fingerprint density at radius 1 is 0.852 bits per heavy atom. The van der Waals surface area contributed by atoms with Gasteiger partial charge in [-0.15, -0.1) is 0 Å². The summed E-state index contributed by atoms with van der Waals surface area (Å²) in [6, 6.07) is 22.8. The van der Waals surface area contributed by atoms with Gasteiger partial charge in [0.1, 0.15) is 0 Å². The van der Waals surface area contributed by atoms with Crippen LogP contribution in [0.1, 0.15) is 11.1 Å². The predicted molar refractivity (Wildman–Crippen MR) is 111 cm³/mol. The standard InChI is InChI=1S/C22H17N3O2/c1-15-18-6-2-4-8-20(18)22(21-9-5-3-7-19(15)21)14-23-24-16-10-12-17(13-11-16)25(26)27/h2-14,24H,1H3/b23-14+. The molecule has 0 fully saturated rings. The SMILES string of the molecule is Cc1c2ccccc2c(/C=N/Nc2ccc([N+](=O)[O-])cc2)c2ccccc12. The monoisotopic (exact) mass is 355 g/mol. The number of nitro groups is 1. The van der Waals surface area contributed by atoms with E-state index in [1.807, 2.05) is 30.5 Å². The Morgan fingerprint density at radius 3 is 1.89 bits per heavy atom. The van der Waals surface area contributed by atoms with Crippen molar-refractivity contribution < 1.29 is 4.92 Å². The molecule has 0 aromatic heterocycles. The van der Waals surface area contributed by atoms with E-state index in [0.717, 1.165) is 16.3 Å². The normalized spacial score (nSPS) is 11.3. The van der Waals surface area contributed by atoms with Crippen molar-refractivity contribution in [2.24, 2.45) is 5.10 Å². The first-order valence-corrected chi connectivity index (χ1v) is 8.59. The molecule has 0 spiro atoms. The second-order valence-corrected chi connectivity index (χ2v) is 6.30. The number of non-ortho nitro benzene ring substituents is 1. The molecule has 5 heteroatoms. The van der Waals surface area contributed by atoms with Crippen molar-refractivity contribution in [1.82, 2.24) is 0 Å². The number of nitrogens with zero attached hydrogens (tertiary/aromatic N) is 2. The number of benzene rings is 4. The Morgan fingerprint density at radius 2 is 1.37 bits per heavy atom. The molecular weight excluding hydrogens is 338 g/mol. The Hall–Kier alpha value is -3.73. The first-order valence-electron chi connectivity index (χ1n) is 8.59. The van der Waals surface area contributed by atoms with E-state index < -0.39 is 4.92 Å². The van der Waals surface area contributed by atoms with E-state index in [0.29, 0.717) is 5.69 Å². The number of nitro benzene ring substituents is 1. The summed E-state index contributed by atoms with van der Waals surface area (Å²) in [5.74, 6) is 0. The molecule has 0 unspecified atom stereocenters. The summed E-state index contributed by atoms with van der Waals surface area (Å²) < 4.78 is 0. The van der Waals surface area contributed by atoms with E-state index in [-0.39, 0.29) is 5.69 Å². The molecule has 0 radical (unpaired) electrons. The van der Waals surface area contributed by atoms with E-state index in [4.69, 9.17) is 0 Å². The second-order valence-electron chi connectivity index (χ2n) is 6.30. The lowest BCUT2D eigenvalue weighted by Gasteiger charge is -2.12. The van der Waals surface area contributed by atoms with E-state index in [9.17, 15) is 10.1 Å². The molecule has 0 heterocycles. The van der Waals surface area contributed by atoms with Gasteiger partial charge in [0.25, 0.3) is 5.69 Å². The van der Waals surface area contributed by atoms with Gasteiger partial charge in [-0.05, 0) is 46.2 Å². The minimum Gasteiger partial charge on any atom is -0.278 e. The van der Waals surface area contributed by atoms with Crippen LogP contribution in [-0.4, -0.2) is 11.1 Å². The van der Waals surface area contributed by atoms with Crippen molar-refractivity contribution in [3.05, 3.63) is 94.0 Å². The number of hydrazone groups is 1. The molecule has 0 amide bonds. The highest BCUT2D eigenvalue weighted by molar-refractivity contribution is 6.15. The molecule has 0 atom stereocenters. The molecule has 0 aliphatic rings. The second kappa shape index (κ2) is 6.88. The maximum atomic E-state index is 10.7. The molecule has 5 nitrogen and oxygen atoms in total. The maximum Gasteiger partial charge on any atom is 0.269 e.